The first-order chi connectivity index (χ1) is 6.91. The van der Waals surface area contributed by atoms with E-state index in [9.17, 15) is 15.0 Å². The van der Waals surface area contributed by atoms with Gasteiger partial charge in [-0.25, -0.2) is 0 Å². The second-order valence-corrected chi connectivity index (χ2v) is 3.61. The number of rotatable bonds is 1. The number of likely N-dealkylation sites (N-methyl/N-ethyl adjacent to an activating group) is 1. The summed E-state index contributed by atoms with van der Waals surface area (Å²) in [5.41, 5.74) is 1.49. The number of nitrogens with one attached hydrogen (secondary N) is 1. The van der Waals surface area contributed by atoms with Gasteiger partial charge in [0.15, 0.2) is 7.11 Å². The number of aliphatic hydroxyl groups excluding tert-OH is 2. The van der Waals surface area contributed by atoms with Crippen molar-refractivity contribution in [3.8, 4) is 0 Å². The van der Waals surface area contributed by atoms with Crippen molar-refractivity contribution in [2.45, 2.75) is 20.1 Å². The third kappa shape index (κ3) is 1.75. The maximum absolute atomic E-state index is 9.85. The molecule has 0 aromatic carbocycles. The van der Waals surface area contributed by atoms with E-state index in [4.69, 9.17) is 0 Å². The van der Waals surface area contributed by atoms with Crippen molar-refractivity contribution in [1.82, 2.24) is 0 Å². The molecular formula is C10H17NO4+2. The highest BCUT2D eigenvalue weighted by molar-refractivity contribution is 5.91. The van der Waals surface area contributed by atoms with Crippen LogP contribution in [0.5, 0.6) is 0 Å². The molecule has 0 radical (unpaired) electrons. The molecule has 5 nitrogen and oxygen atoms in total. The highest BCUT2D eigenvalue weighted by atomic mass is 16.5. The summed E-state index contributed by atoms with van der Waals surface area (Å²) in [5, 5.41) is 19.6. The number of quaternary nitrogens is 1. The van der Waals surface area contributed by atoms with Gasteiger partial charge in [-0.15, -0.1) is 0 Å². The largest absolute Gasteiger partial charge is 0.526 e. The van der Waals surface area contributed by atoms with Crippen molar-refractivity contribution in [2.75, 3.05) is 14.2 Å². The van der Waals surface area contributed by atoms with Crippen molar-refractivity contribution in [2.24, 2.45) is 0 Å². The third-order valence-electron chi connectivity index (χ3n) is 2.87. The zero-order valence-corrected chi connectivity index (χ0v) is 9.33. The van der Waals surface area contributed by atoms with Gasteiger partial charge in [0.2, 0.25) is 11.8 Å². The molecule has 0 bridgehead atoms. The number of allylic oxidation sites excluding steroid dienone is 2. The zero-order valence-electron chi connectivity index (χ0n) is 9.33. The number of hydrogen-bond donors (Lipinski definition) is 3. The van der Waals surface area contributed by atoms with Crippen LogP contribution < -0.4 is 4.90 Å². The number of esters is 1. The zero-order chi connectivity index (χ0) is 11.7. The Kier molecular flexibility index (Phi) is 3.16. The number of hydrogen-bond acceptors (Lipinski definition) is 3. The first kappa shape index (κ1) is 11.7. The molecule has 1 aliphatic rings. The van der Waals surface area contributed by atoms with Crippen LogP contribution in [0.2, 0.25) is 0 Å². The molecule has 2 unspecified atom stereocenters. The van der Waals surface area contributed by atoms with Crippen LogP contribution in [0.4, 0.5) is 0 Å². The molecule has 0 fully saturated rings. The minimum atomic E-state index is -1.02. The van der Waals surface area contributed by atoms with E-state index in [1.165, 1.54) is 7.11 Å². The average molecular weight is 215 g/mol. The van der Waals surface area contributed by atoms with Gasteiger partial charge in [0, 0.05) is 12.5 Å². The fourth-order valence-corrected chi connectivity index (χ4v) is 1.55. The van der Waals surface area contributed by atoms with E-state index in [-0.39, 0.29) is 11.3 Å². The maximum atomic E-state index is 9.85. The van der Waals surface area contributed by atoms with Crippen LogP contribution in [-0.4, -0.2) is 41.4 Å². The first-order valence-corrected chi connectivity index (χ1v) is 4.65. The van der Waals surface area contributed by atoms with Crippen LogP contribution >= 0.6 is 0 Å². The van der Waals surface area contributed by atoms with Crippen molar-refractivity contribution >= 4 is 5.97 Å². The van der Waals surface area contributed by atoms with E-state index < -0.39 is 12.2 Å². The smallest absolute Gasteiger partial charge is 0.506 e. The summed E-state index contributed by atoms with van der Waals surface area (Å²) in [6, 6.07) is 0. The number of ether oxygens (including phenoxy) is 1. The molecule has 0 amide bonds. The van der Waals surface area contributed by atoms with Crippen LogP contribution in [0.25, 0.3) is 0 Å². The van der Waals surface area contributed by atoms with Crippen LogP contribution in [0, 0.1) is 0 Å². The lowest BCUT2D eigenvalue weighted by atomic mass is 10.0. The predicted octanol–water partition coefficient (Wildman–Crippen LogP) is -0.912. The topological polar surface area (TPSA) is 75.5 Å². The lowest BCUT2D eigenvalue weighted by molar-refractivity contribution is -0.886. The molecule has 1 rings (SSSR count). The summed E-state index contributed by atoms with van der Waals surface area (Å²) in [4.78, 5) is 10.1. The summed E-state index contributed by atoms with van der Waals surface area (Å²) < 4.78 is 4.62. The SMILES string of the molecule is COC(=[OH+])C1=C(O)C(C)=C(C)[NH+](C)C1O. The van der Waals surface area contributed by atoms with E-state index in [0.717, 1.165) is 5.70 Å². The standard InChI is InChI=1S/C10H15NO4/c1-5-6(2)11(3)9(13)7(8(5)12)10(14)15-4/h9,12-13H,1-4H3/p+2. The highest BCUT2D eigenvalue weighted by Gasteiger charge is 2.41. The summed E-state index contributed by atoms with van der Waals surface area (Å²) in [6.45, 7) is 3.54. The Hall–Kier alpha value is -1.33. The van der Waals surface area contributed by atoms with Crippen LogP contribution in [0.3, 0.4) is 0 Å². The van der Waals surface area contributed by atoms with Gasteiger partial charge in [-0.05, 0) is 6.92 Å². The van der Waals surface area contributed by atoms with Crippen molar-refractivity contribution < 1.29 is 24.6 Å². The lowest BCUT2D eigenvalue weighted by Gasteiger charge is -2.26. The van der Waals surface area contributed by atoms with Gasteiger partial charge in [-0.2, -0.15) is 0 Å². The van der Waals surface area contributed by atoms with Crippen molar-refractivity contribution in [3.05, 3.63) is 22.6 Å². The number of methoxy groups -OCH3 is 1. The van der Waals surface area contributed by atoms with Crippen LogP contribution in [0.15, 0.2) is 22.6 Å². The summed E-state index contributed by atoms with van der Waals surface area (Å²) in [5.74, 6) is -0.573. The van der Waals surface area contributed by atoms with Gasteiger partial charge in [0.05, 0.1) is 7.05 Å². The maximum Gasteiger partial charge on any atom is 0.526 e. The van der Waals surface area contributed by atoms with Crippen molar-refractivity contribution in [1.29, 1.82) is 0 Å². The molecule has 0 saturated heterocycles. The molecule has 0 spiro atoms. The van der Waals surface area contributed by atoms with E-state index in [0.29, 0.717) is 10.5 Å². The summed E-state index contributed by atoms with van der Waals surface area (Å²) in [6.07, 6.45) is -1.02. The van der Waals surface area contributed by atoms with Crippen LogP contribution in [0.1, 0.15) is 13.8 Å². The summed E-state index contributed by atoms with van der Waals surface area (Å²) >= 11 is 0. The van der Waals surface area contributed by atoms with Gasteiger partial charge < -0.3 is 19.7 Å². The van der Waals surface area contributed by atoms with E-state index in [1.807, 2.05) is 6.92 Å². The normalized spacial score (nSPS) is 27.0. The predicted molar refractivity (Wildman–Crippen MR) is 54.9 cm³/mol. The number of aliphatic hydroxyl groups is 2. The molecule has 0 aliphatic carbocycles. The number of carbonyl (C=O) groups excluding carboxylic acids is 1. The Bertz CT molecular complexity index is 356. The second-order valence-electron chi connectivity index (χ2n) is 3.61. The van der Waals surface area contributed by atoms with Crippen LogP contribution in [-0.2, 0) is 4.74 Å². The molecule has 0 saturated carbocycles. The minimum Gasteiger partial charge on any atom is -0.506 e. The van der Waals surface area contributed by atoms with E-state index >= 15 is 0 Å². The molecule has 15 heavy (non-hydrogen) atoms. The van der Waals surface area contributed by atoms with Gasteiger partial charge in [0.25, 0.3) is 0 Å². The Morgan fingerprint density at radius 1 is 1.47 bits per heavy atom. The van der Waals surface area contributed by atoms with Gasteiger partial charge in [-0.3, -0.25) is 4.90 Å². The molecule has 4 N–H and O–H groups in total. The highest BCUT2D eigenvalue weighted by Crippen LogP contribution is 2.19. The molecule has 1 aliphatic heterocycles. The fourth-order valence-electron chi connectivity index (χ4n) is 1.55. The molecule has 0 aromatic heterocycles. The van der Waals surface area contributed by atoms with E-state index in [2.05, 4.69) is 4.74 Å². The Balaban J connectivity index is 3.28. The molecule has 84 valence electrons. The Morgan fingerprint density at radius 3 is 2.47 bits per heavy atom. The van der Waals surface area contributed by atoms with Gasteiger partial charge in [0.1, 0.15) is 11.5 Å². The molecule has 0 aromatic rings. The third-order valence-corrected chi connectivity index (χ3v) is 2.87. The van der Waals surface area contributed by atoms with E-state index in [1.54, 1.807) is 14.0 Å². The first-order valence-electron chi connectivity index (χ1n) is 4.65. The minimum absolute atomic E-state index is 0.0260. The quantitative estimate of drug-likeness (QED) is 0.391. The lowest BCUT2D eigenvalue weighted by Crippen LogP contribution is -3.12. The molecule has 1 heterocycles. The fraction of sp³-hybridized carbons (Fsp3) is 0.500. The van der Waals surface area contributed by atoms with Gasteiger partial charge >= 0.3 is 5.97 Å². The average Bonchev–Trinajstić information content (AvgIpc) is 2.23. The molecule has 2 atom stereocenters. The van der Waals surface area contributed by atoms with Crippen molar-refractivity contribution in [3.63, 3.8) is 0 Å². The molecular weight excluding hydrogens is 198 g/mol. The Labute approximate surface area is 88.3 Å². The summed E-state index contributed by atoms with van der Waals surface area (Å²) in [7, 11) is 3.02. The second kappa shape index (κ2) is 4.04. The Morgan fingerprint density at radius 2 is 2.00 bits per heavy atom. The van der Waals surface area contributed by atoms with Gasteiger partial charge in [-0.1, -0.05) is 0 Å². The monoisotopic (exact) mass is 215 g/mol. The molecule has 5 heteroatoms.